The van der Waals surface area contributed by atoms with Crippen LogP contribution in [0.2, 0.25) is 0 Å². The molecule has 108 valence electrons. The number of rotatable bonds is 3. The molecule has 1 atom stereocenters. The first-order valence-corrected chi connectivity index (χ1v) is 7.11. The number of hydrogen-bond acceptors (Lipinski definition) is 3. The summed E-state index contributed by atoms with van der Waals surface area (Å²) in [5, 5.41) is 0. The van der Waals surface area contributed by atoms with Crippen LogP contribution in [0.1, 0.15) is 76.3 Å². The highest BCUT2D eigenvalue weighted by atomic mass is 15.1. The maximum absolute atomic E-state index is 4.89. The molecule has 0 aliphatic heterocycles. The number of nitrogens with zero attached hydrogens (tertiary/aromatic N) is 3. The Morgan fingerprint density at radius 2 is 1.53 bits per heavy atom. The molecule has 0 bridgehead atoms. The van der Waals surface area contributed by atoms with Crippen LogP contribution in [0.15, 0.2) is 0 Å². The van der Waals surface area contributed by atoms with E-state index in [0.717, 1.165) is 11.5 Å². The minimum absolute atomic E-state index is 0.0497. The van der Waals surface area contributed by atoms with Gasteiger partial charge in [-0.25, -0.2) is 9.97 Å². The second kappa shape index (κ2) is 5.58. The molecule has 3 nitrogen and oxygen atoms in total. The molecule has 0 radical (unpaired) electrons. The van der Waals surface area contributed by atoms with Gasteiger partial charge in [0.15, 0.2) is 0 Å². The van der Waals surface area contributed by atoms with Crippen molar-refractivity contribution in [1.82, 2.24) is 14.9 Å². The van der Waals surface area contributed by atoms with Crippen LogP contribution >= 0.6 is 0 Å². The molecule has 1 aromatic rings. The van der Waals surface area contributed by atoms with E-state index in [1.807, 2.05) is 0 Å². The molecule has 1 heterocycles. The second-order valence-electron chi connectivity index (χ2n) is 6.97. The minimum Gasteiger partial charge on any atom is -0.300 e. The van der Waals surface area contributed by atoms with Crippen LogP contribution in [0.3, 0.4) is 0 Å². The zero-order valence-corrected chi connectivity index (χ0v) is 14.0. The standard InChI is InChI=1S/C16H29N3/c1-10(2)13-11(3)17-15(12(4)19(8)9)18-14(13)16(5,6)7/h10,12H,1-9H3/t12-/m0/s1. The highest BCUT2D eigenvalue weighted by Gasteiger charge is 2.26. The van der Waals surface area contributed by atoms with Crippen LogP contribution in [-0.2, 0) is 5.41 Å². The van der Waals surface area contributed by atoms with Crippen molar-refractivity contribution < 1.29 is 0 Å². The molecule has 3 heteroatoms. The van der Waals surface area contributed by atoms with Gasteiger partial charge in [0.05, 0.1) is 11.7 Å². The van der Waals surface area contributed by atoms with E-state index < -0.39 is 0 Å². The van der Waals surface area contributed by atoms with Gasteiger partial charge in [-0.3, -0.25) is 4.90 Å². The molecule has 0 amide bonds. The summed E-state index contributed by atoms with van der Waals surface area (Å²) in [6.07, 6.45) is 0. The van der Waals surface area contributed by atoms with E-state index in [0.29, 0.717) is 5.92 Å². The maximum atomic E-state index is 4.89. The van der Waals surface area contributed by atoms with E-state index in [2.05, 4.69) is 67.5 Å². The molecule has 0 aromatic carbocycles. The lowest BCUT2D eigenvalue weighted by molar-refractivity contribution is 0.306. The third kappa shape index (κ3) is 3.53. The molecule has 0 saturated heterocycles. The Kier molecular flexibility index (Phi) is 4.72. The third-order valence-electron chi connectivity index (χ3n) is 3.59. The van der Waals surface area contributed by atoms with Gasteiger partial charge in [-0.2, -0.15) is 0 Å². The van der Waals surface area contributed by atoms with E-state index >= 15 is 0 Å². The van der Waals surface area contributed by atoms with E-state index in [4.69, 9.17) is 9.97 Å². The third-order valence-corrected chi connectivity index (χ3v) is 3.59. The molecule has 0 N–H and O–H groups in total. The molecular formula is C16H29N3. The smallest absolute Gasteiger partial charge is 0.145 e. The summed E-state index contributed by atoms with van der Waals surface area (Å²) < 4.78 is 0. The Bertz CT molecular complexity index is 442. The zero-order valence-electron chi connectivity index (χ0n) is 14.0. The van der Waals surface area contributed by atoms with Gasteiger partial charge < -0.3 is 0 Å². The van der Waals surface area contributed by atoms with E-state index in [9.17, 15) is 0 Å². The van der Waals surface area contributed by atoms with Crippen molar-refractivity contribution in [2.75, 3.05) is 14.1 Å². The van der Waals surface area contributed by atoms with E-state index in [1.165, 1.54) is 11.3 Å². The summed E-state index contributed by atoms with van der Waals surface area (Å²) in [5.74, 6) is 1.38. The Morgan fingerprint density at radius 1 is 1.00 bits per heavy atom. The highest BCUT2D eigenvalue weighted by Crippen LogP contribution is 2.31. The minimum atomic E-state index is 0.0497. The Hall–Kier alpha value is -0.960. The SMILES string of the molecule is Cc1nc([C@H](C)N(C)C)nc(C(C)(C)C)c1C(C)C. The van der Waals surface area contributed by atoms with Gasteiger partial charge in [0.1, 0.15) is 5.82 Å². The summed E-state index contributed by atoms with van der Waals surface area (Å²) in [6, 6.07) is 0.237. The summed E-state index contributed by atoms with van der Waals surface area (Å²) >= 11 is 0. The second-order valence-corrected chi connectivity index (χ2v) is 6.97. The highest BCUT2D eigenvalue weighted by molar-refractivity contribution is 5.33. The first-order valence-electron chi connectivity index (χ1n) is 7.11. The van der Waals surface area contributed by atoms with Crippen molar-refractivity contribution in [3.05, 3.63) is 22.8 Å². The van der Waals surface area contributed by atoms with Crippen LogP contribution in [0.5, 0.6) is 0 Å². The topological polar surface area (TPSA) is 29.0 Å². The molecule has 1 rings (SSSR count). The molecule has 0 fully saturated rings. The molecule has 0 spiro atoms. The lowest BCUT2D eigenvalue weighted by atomic mass is 9.84. The van der Waals surface area contributed by atoms with Crippen molar-refractivity contribution in [3.8, 4) is 0 Å². The largest absolute Gasteiger partial charge is 0.300 e. The number of aryl methyl sites for hydroxylation is 1. The normalized spacial score (nSPS) is 14.3. The van der Waals surface area contributed by atoms with E-state index in [-0.39, 0.29) is 11.5 Å². The monoisotopic (exact) mass is 263 g/mol. The maximum Gasteiger partial charge on any atom is 0.145 e. The number of aromatic nitrogens is 2. The van der Waals surface area contributed by atoms with Crippen LogP contribution in [0.4, 0.5) is 0 Å². The average Bonchev–Trinajstić information content (AvgIpc) is 2.24. The molecule has 0 saturated carbocycles. The van der Waals surface area contributed by atoms with Gasteiger partial charge in [-0.05, 0) is 39.4 Å². The van der Waals surface area contributed by atoms with Gasteiger partial charge in [0, 0.05) is 11.1 Å². The lowest BCUT2D eigenvalue weighted by Crippen LogP contribution is -2.25. The summed E-state index contributed by atoms with van der Waals surface area (Å²) in [7, 11) is 4.13. The Balaban J connectivity index is 3.48. The van der Waals surface area contributed by atoms with Gasteiger partial charge in [0.25, 0.3) is 0 Å². The van der Waals surface area contributed by atoms with E-state index in [1.54, 1.807) is 0 Å². The quantitative estimate of drug-likeness (QED) is 0.830. The van der Waals surface area contributed by atoms with Crippen LogP contribution in [0.25, 0.3) is 0 Å². The molecule has 0 aliphatic rings. The fraction of sp³-hybridized carbons (Fsp3) is 0.750. The summed E-state index contributed by atoms with van der Waals surface area (Å²) in [5.41, 5.74) is 3.67. The fourth-order valence-electron chi connectivity index (χ4n) is 2.28. The van der Waals surface area contributed by atoms with Crippen molar-refractivity contribution in [3.63, 3.8) is 0 Å². The van der Waals surface area contributed by atoms with Gasteiger partial charge in [-0.1, -0.05) is 34.6 Å². The summed E-state index contributed by atoms with van der Waals surface area (Å²) in [6.45, 7) is 15.4. The summed E-state index contributed by atoms with van der Waals surface area (Å²) in [4.78, 5) is 11.8. The predicted molar refractivity (Wildman–Crippen MR) is 81.7 cm³/mol. The average molecular weight is 263 g/mol. The zero-order chi connectivity index (χ0) is 15.0. The Morgan fingerprint density at radius 3 is 1.89 bits per heavy atom. The van der Waals surface area contributed by atoms with Crippen LogP contribution in [0, 0.1) is 6.92 Å². The van der Waals surface area contributed by atoms with Gasteiger partial charge in [0.2, 0.25) is 0 Å². The molecule has 19 heavy (non-hydrogen) atoms. The Labute approximate surface area is 118 Å². The molecule has 1 aromatic heterocycles. The van der Waals surface area contributed by atoms with Crippen LogP contribution < -0.4 is 0 Å². The van der Waals surface area contributed by atoms with Gasteiger partial charge >= 0.3 is 0 Å². The van der Waals surface area contributed by atoms with Crippen molar-refractivity contribution in [1.29, 1.82) is 0 Å². The van der Waals surface area contributed by atoms with Crippen molar-refractivity contribution >= 4 is 0 Å². The molecule has 0 unspecified atom stereocenters. The number of hydrogen-bond donors (Lipinski definition) is 0. The van der Waals surface area contributed by atoms with Crippen LogP contribution in [-0.4, -0.2) is 29.0 Å². The predicted octanol–water partition coefficient (Wildman–Crippen LogP) is 3.83. The first-order chi connectivity index (χ1) is 8.55. The van der Waals surface area contributed by atoms with Crippen molar-refractivity contribution in [2.24, 2.45) is 0 Å². The van der Waals surface area contributed by atoms with Gasteiger partial charge in [-0.15, -0.1) is 0 Å². The first kappa shape index (κ1) is 16.1. The fourth-order valence-corrected chi connectivity index (χ4v) is 2.28. The molecular weight excluding hydrogens is 234 g/mol. The lowest BCUT2D eigenvalue weighted by Gasteiger charge is -2.27. The van der Waals surface area contributed by atoms with Crippen molar-refractivity contribution in [2.45, 2.75) is 65.8 Å². The molecule has 0 aliphatic carbocycles.